The van der Waals surface area contributed by atoms with E-state index in [4.69, 9.17) is 4.74 Å². The second-order valence-electron chi connectivity index (χ2n) is 8.20. The second kappa shape index (κ2) is 9.94. The maximum Gasteiger partial charge on any atom is 0.357 e. The summed E-state index contributed by atoms with van der Waals surface area (Å²) in [7, 11) is 1.33. The Bertz CT molecular complexity index is 1260. The van der Waals surface area contributed by atoms with Crippen molar-refractivity contribution in [3.8, 4) is 28.2 Å². The van der Waals surface area contributed by atoms with Gasteiger partial charge < -0.3 is 15.3 Å². The summed E-state index contributed by atoms with van der Waals surface area (Å²) in [5, 5.41) is 24.9. The van der Waals surface area contributed by atoms with Gasteiger partial charge in [0.05, 0.1) is 7.11 Å². The van der Waals surface area contributed by atoms with E-state index in [0.717, 1.165) is 28.8 Å². The highest BCUT2D eigenvalue weighted by Gasteiger charge is 2.32. The maximum atomic E-state index is 12.7. The smallest absolute Gasteiger partial charge is 0.357 e. The Hall–Kier alpha value is -3.89. The molecule has 0 amide bonds. The lowest BCUT2D eigenvalue weighted by Gasteiger charge is -2.17. The Morgan fingerprint density at radius 2 is 1.79 bits per heavy atom. The topological polar surface area (TPSA) is 150 Å². The fourth-order valence-electron chi connectivity index (χ4n) is 3.85. The lowest BCUT2D eigenvalue weighted by molar-refractivity contribution is 0.0535. The van der Waals surface area contributed by atoms with Crippen molar-refractivity contribution in [2.24, 2.45) is 0 Å². The predicted octanol–water partition coefficient (Wildman–Crippen LogP) is 2.86. The first-order valence-electron chi connectivity index (χ1n) is 10.7. The zero-order valence-electron chi connectivity index (χ0n) is 19.5. The molecule has 0 fully saturated rings. The minimum absolute atomic E-state index is 0. The summed E-state index contributed by atoms with van der Waals surface area (Å²) in [5.41, 5.74) is 2.78. The van der Waals surface area contributed by atoms with E-state index in [2.05, 4.69) is 25.6 Å². The number of H-pyrrole nitrogens is 1. The van der Waals surface area contributed by atoms with Gasteiger partial charge in [0.15, 0.2) is 11.5 Å². The van der Waals surface area contributed by atoms with E-state index in [1.54, 1.807) is 18.4 Å². The van der Waals surface area contributed by atoms with Crippen molar-refractivity contribution in [3.63, 3.8) is 0 Å². The molecule has 10 nitrogen and oxygen atoms in total. The third kappa shape index (κ3) is 4.59. The van der Waals surface area contributed by atoms with Crippen molar-refractivity contribution in [3.05, 3.63) is 65.7 Å². The minimum Gasteiger partial charge on any atom is -0.464 e. The number of carbonyl (C=O) groups excluding carboxylic acids is 1. The number of aromatic amines is 1. The normalized spacial score (nSPS) is 11.2. The number of imidazole rings is 1. The zero-order valence-corrected chi connectivity index (χ0v) is 19.5. The molecule has 0 aliphatic carbocycles. The number of nitrogens with zero attached hydrogens (tertiary/aromatic N) is 5. The molecule has 4 N–H and O–H groups in total. The molecule has 0 saturated heterocycles. The molecule has 0 spiro atoms. The molecule has 0 saturated carbocycles. The van der Waals surface area contributed by atoms with Crippen molar-refractivity contribution in [2.75, 3.05) is 7.11 Å². The monoisotopic (exact) mass is 464 g/mol. The quantitative estimate of drug-likeness (QED) is 0.399. The van der Waals surface area contributed by atoms with E-state index in [1.807, 2.05) is 55.5 Å². The first-order chi connectivity index (χ1) is 15.8. The molecular weight excluding hydrogens is 436 g/mol. The molecule has 2 aromatic heterocycles. The maximum absolute atomic E-state index is 12.7. The molecule has 0 radical (unpaired) electrons. The Morgan fingerprint density at radius 1 is 1.12 bits per heavy atom. The van der Waals surface area contributed by atoms with Crippen LogP contribution in [0.15, 0.2) is 48.5 Å². The third-order valence-electron chi connectivity index (χ3n) is 5.34. The highest BCUT2D eigenvalue weighted by Crippen LogP contribution is 2.32. The zero-order chi connectivity index (χ0) is 23.6. The van der Waals surface area contributed by atoms with Gasteiger partial charge >= 0.3 is 5.97 Å². The van der Waals surface area contributed by atoms with E-state index in [1.165, 1.54) is 7.11 Å². The van der Waals surface area contributed by atoms with Crippen LogP contribution >= 0.6 is 0 Å². The van der Waals surface area contributed by atoms with Crippen molar-refractivity contribution in [1.29, 1.82) is 0 Å². The number of nitrogens with one attached hydrogen (secondary N) is 1. The number of hydrogen-bond acceptors (Lipinski definition) is 7. The lowest BCUT2D eigenvalue weighted by Crippen LogP contribution is -2.22. The van der Waals surface area contributed by atoms with Gasteiger partial charge in [0.1, 0.15) is 17.1 Å². The van der Waals surface area contributed by atoms with Gasteiger partial charge in [-0.1, -0.05) is 43.3 Å². The molecule has 0 bridgehead atoms. The van der Waals surface area contributed by atoms with Crippen molar-refractivity contribution in [2.45, 2.75) is 39.2 Å². The summed E-state index contributed by atoms with van der Waals surface area (Å²) in [6.07, 6.45) is 1.47. The van der Waals surface area contributed by atoms with Gasteiger partial charge in [0, 0.05) is 17.7 Å². The number of aromatic nitrogens is 6. The molecule has 0 aliphatic rings. The van der Waals surface area contributed by atoms with Gasteiger partial charge in [0.2, 0.25) is 0 Å². The van der Waals surface area contributed by atoms with E-state index in [9.17, 15) is 9.90 Å². The van der Waals surface area contributed by atoms with Gasteiger partial charge in [-0.25, -0.2) is 14.9 Å². The molecule has 4 aromatic rings. The molecule has 10 heteroatoms. The average molecular weight is 465 g/mol. The second-order valence-corrected chi connectivity index (χ2v) is 8.20. The van der Waals surface area contributed by atoms with Gasteiger partial charge in [-0.15, -0.1) is 5.10 Å². The predicted molar refractivity (Wildman–Crippen MR) is 126 cm³/mol. The minimum atomic E-state index is -1.30. The summed E-state index contributed by atoms with van der Waals surface area (Å²) >= 11 is 0. The highest BCUT2D eigenvalue weighted by atomic mass is 16.5. The Balaban J connectivity index is 0.00000324. The fourth-order valence-corrected chi connectivity index (χ4v) is 3.85. The van der Waals surface area contributed by atoms with E-state index in [-0.39, 0.29) is 11.2 Å². The number of rotatable bonds is 7. The highest BCUT2D eigenvalue weighted by molar-refractivity contribution is 5.90. The van der Waals surface area contributed by atoms with Gasteiger partial charge in [-0.3, -0.25) is 4.57 Å². The Kier molecular flexibility index (Phi) is 7.23. The average Bonchev–Trinajstić information content (AvgIpc) is 3.47. The van der Waals surface area contributed by atoms with E-state index >= 15 is 0 Å². The molecule has 0 unspecified atom stereocenters. The van der Waals surface area contributed by atoms with Crippen molar-refractivity contribution in [1.82, 2.24) is 30.2 Å². The number of benzene rings is 2. The lowest BCUT2D eigenvalue weighted by atomic mass is 9.99. The van der Waals surface area contributed by atoms with E-state index in [0.29, 0.717) is 23.8 Å². The number of aryl methyl sites for hydroxylation is 1. The largest absolute Gasteiger partial charge is 0.464 e. The van der Waals surface area contributed by atoms with Gasteiger partial charge in [-0.2, -0.15) is 0 Å². The summed E-state index contributed by atoms with van der Waals surface area (Å²) in [5.74, 6) is 0.724. The molecule has 0 atom stereocenters. The van der Waals surface area contributed by atoms with Crippen molar-refractivity contribution < 1.29 is 20.1 Å². The Labute approximate surface area is 196 Å². The molecule has 4 rings (SSSR count). The van der Waals surface area contributed by atoms with Gasteiger partial charge in [0.25, 0.3) is 0 Å². The molecule has 34 heavy (non-hydrogen) atoms. The number of hydrogen-bond donors (Lipinski definition) is 2. The SMILES string of the molecule is CCCc1nc(C(C)(C)O)c(C(=O)OC)n1-c1ccc(-c2ccccc2-c2nnn[nH]2)cc1.O. The number of esters is 1. The summed E-state index contributed by atoms with van der Waals surface area (Å²) in [4.78, 5) is 17.4. The molecule has 2 heterocycles. The van der Waals surface area contributed by atoms with Crippen LogP contribution < -0.4 is 0 Å². The van der Waals surface area contributed by atoms with Crippen molar-refractivity contribution >= 4 is 5.97 Å². The first kappa shape index (κ1) is 24.7. The molecule has 178 valence electrons. The number of tetrazole rings is 1. The number of methoxy groups -OCH3 is 1. The van der Waals surface area contributed by atoms with Crippen LogP contribution in [0.4, 0.5) is 0 Å². The van der Waals surface area contributed by atoms with Crippen LogP contribution in [0.1, 0.15) is 49.2 Å². The van der Waals surface area contributed by atoms with Crippen LogP contribution in [0.3, 0.4) is 0 Å². The number of aliphatic hydroxyl groups is 1. The summed E-state index contributed by atoms with van der Waals surface area (Å²) < 4.78 is 6.82. The first-order valence-corrected chi connectivity index (χ1v) is 10.7. The van der Waals surface area contributed by atoms with Crippen LogP contribution in [0, 0.1) is 0 Å². The van der Waals surface area contributed by atoms with E-state index < -0.39 is 11.6 Å². The molecule has 0 aliphatic heterocycles. The third-order valence-corrected chi connectivity index (χ3v) is 5.34. The van der Waals surface area contributed by atoms with Gasteiger partial charge in [-0.05, 0) is 54.0 Å². The van der Waals surface area contributed by atoms with Crippen LogP contribution in [0.2, 0.25) is 0 Å². The Morgan fingerprint density at radius 3 is 2.35 bits per heavy atom. The molecular formula is C24H28N6O4. The summed E-state index contributed by atoms with van der Waals surface area (Å²) in [6, 6.07) is 15.6. The fraction of sp³-hybridized carbons (Fsp3) is 0.292. The van der Waals surface area contributed by atoms with Crippen LogP contribution in [-0.2, 0) is 16.8 Å². The summed E-state index contributed by atoms with van der Waals surface area (Å²) in [6.45, 7) is 5.26. The van der Waals surface area contributed by atoms with Crippen LogP contribution in [-0.4, -0.2) is 53.8 Å². The number of carbonyl (C=O) groups is 1. The van der Waals surface area contributed by atoms with Crippen LogP contribution in [0.25, 0.3) is 28.2 Å². The molecule has 2 aromatic carbocycles. The number of ether oxygens (including phenoxy) is 1. The van der Waals surface area contributed by atoms with Crippen LogP contribution in [0.5, 0.6) is 0 Å². The standard InChI is InChI=1S/C24H26N6O3.H2O/c1-5-8-19-25-21(24(2,3)32)20(23(31)33-4)30(19)16-13-11-15(12-14-16)17-9-6-7-10-18(17)22-26-28-29-27-22;/h6-7,9-14,32H,5,8H2,1-4H3,(H,26,27,28,29);1H2.